The number of piperidine rings is 1. The van der Waals surface area contributed by atoms with Crippen LogP contribution in [0, 0.1) is 11.3 Å². The van der Waals surface area contributed by atoms with Gasteiger partial charge in [-0.05, 0) is 76.8 Å². The van der Waals surface area contributed by atoms with Crippen molar-refractivity contribution in [3.05, 3.63) is 0 Å². The van der Waals surface area contributed by atoms with Gasteiger partial charge in [0.1, 0.15) is 0 Å². The molecule has 1 heterocycles. The summed E-state index contributed by atoms with van der Waals surface area (Å²) in [6.45, 7) is 12.9. The number of likely N-dealkylation sites (tertiary alicyclic amines) is 1. The Bertz CT molecular complexity index is 227. The van der Waals surface area contributed by atoms with Crippen LogP contribution < -0.4 is 0 Å². The van der Waals surface area contributed by atoms with Crippen molar-refractivity contribution in [2.45, 2.75) is 78.4 Å². The summed E-state index contributed by atoms with van der Waals surface area (Å²) in [6, 6.07) is 0. The van der Waals surface area contributed by atoms with E-state index >= 15 is 0 Å². The van der Waals surface area contributed by atoms with E-state index < -0.39 is 0 Å². The molecule has 1 saturated carbocycles. The fourth-order valence-corrected chi connectivity index (χ4v) is 3.95. The molecule has 0 amide bonds. The van der Waals surface area contributed by atoms with Crippen LogP contribution in [-0.2, 0) is 4.74 Å². The standard InChI is InChI=1S/C17H33NO/c1-14(2)13-18-11-9-17(10-12-18)7-5-16(6-8-17)19-15(3)4/h14-16H,5-13H2,1-4H3. The molecule has 0 N–H and O–H groups in total. The molecule has 0 aromatic heterocycles. The molecule has 0 bridgehead atoms. The van der Waals surface area contributed by atoms with Gasteiger partial charge in [0.2, 0.25) is 0 Å². The molecule has 2 fully saturated rings. The maximum atomic E-state index is 5.99. The summed E-state index contributed by atoms with van der Waals surface area (Å²) in [7, 11) is 0. The Hall–Kier alpha value is -0.0800. The number of hydrogen-bond donors (Lipinski definition) is 0. The maximum absolute atomic E-state index is 5.99. The molecular weight excluding hydrogens is 234 g/mol. The topological polar surface area (TPSA) is 12.5 Å². The minimum Gasteiger partial charge on any atom is -0.376 e. The first-order chi connectivity index (χ1) is 8.99. The third-order valence-electron chi connectivity index (χ3n) is 5.00. The second kappa shape index (κ2) is 6.58. The molecule has 2 heteroatoms. The van der Waals surface area contributed by atoms with Gasteiger partial charge in [-0.25, -0.2) is 0 Å². The molecule has 0 aromatic rings. The van der Waals surface area contributed by atoms with Gasteiger partial charge in [0, 0.05) is 6.54 Å². The highest BCUT2D eigenvalue weighted by atomic mass is 16.5. The van der Waals surface area contributed by atoms with E-state index in [0.717, 1.165) is 5.92 Å². The summed E-state index contributed by atoms with van der Waals surface area (Å²) < 4.78 is 5.99. The molecule has 2 nitrogen and oxygen atoms in total. The van der Waals surface area contributed by atoms with Crippen LogP contribution >= 0.6 is 0 Å². The molecule has 2 rings (SSSR count). The normalized spacial score (nSPS) is 25.6. The third kappa shape index (κ3) is 4.46. The van der Waals surface area contributed by atoms with Crippen molar-refractivity contribution in [3.63, 3.8) is 0 Å². The Balaban J connectivity index is 1.75. The van der Waals surface area contributed by atoms with Gasteiger partial charge in [0.05, 0.1) is 12.2 Å². The first kappa shape index (κ1) is 15.3. The molecule has 19 heavy (non-hydrogen) atoms. The fourth-order valence-electron chi connectivity index (χ4n) is 3.95. The molecular formula is C17H33NO. The minimum absolute atomic E-state index is 0.395. The van der Waals surface area contributed by atoms with Gasteiger partial charge in [0.15, 0.2) is 0 Å². The van der Waals surface area contributed by atoms with E-state index in [9.17, 15) is 0 Å². The van der Waals surface area contributed by atoms with E-state index in [2.05, 4.69) is 32.6 Å². The number of rotatable bonds is 4. The molecule has 1 aliphatic heterocycles. The average molecular weight is 267 g/mol. The molecule has 1 spiro atoms. The summed E-state index contributed by atoms with van der Waals surface area (Å²) in [6.07, 6.45) is 9.18. The Morgan fingerprint density at radius 2 is 1.58 bits per heavy atom. The van der Waals surface area contributed by atoms with Crippen LogP contribution in [0.15, 0.2) is 0 Å². The molecule has 0 aromatic carbocycles. The molecule has 2 aliphatic rings. The summed E-state index contributed by atoms with van der Waals surface area (Å²) in [5, 5.41) is 0. The van der Waals surface area contributed by atoms with Gasteiger partial charge in [-0.1, -0.05) is 13.8 Å². The van der Waals surface area contributed by atoms with Crippen LogP contribution in [0.2, 0.25) is 0 Å². The van der Waals surface area contributed by atoms with Crippen molar-refractivity contribution in [1.29, 1.82) is 0 Å². The molecule has 0 atom stereocenters. The van der Waals surface area contributed by atoms with Gasteiger partial charge < -0.3 is 9.64 Å². The third-order valence-corrected chi connectivity index (χ3v) is 5.00. The average Bonchev–Trinajstić information content (AvgIpc) is 2.34. The largest absolute Gasteiger partial charge is 0.376 e. The summed E-state index contributed by atoms with van der Waals surface area (Å²) in [4.78, 5) is 2.67. The van der Waals surface area contributed by atoms with E-state index in [0.29, 0.717) is 17.6 Å². The zero-order valence-corrected chi connectivity index (χ0v) is 13.5. The van der Waals surface area contributed by atoms with Crippen LogP contribution in [0.5, 0.6) is 0 Å². The highest BCUT2D eigenvalue weighted by Crippen LogP contribution is 2.45. The van der Waals surface area contributed by atoms with E-state index in [4.69, 9.17) is 4.74 Å². The van der Waals surface area contributed by atoms with Gasteiger partial charge in [-0.2, -0.15) is 0 Å². The Morgan fingerprint density at radius 1 is 1.00 bits per heavy atom. The lowest BCUT2D eigenvalue weighted by Gasteiger charge is -2.46. The summed E-state index contributed by atoms with van der Waals surface area (Å²) >= 11 is 0. The van der Waals surface area contributed by atoms with Gasteiger partial charge in [-0.3, -0.25) is 0 Å². The molecule has 112 valence electrons. The van der Waals surface area contributed by atoms with Crippen molar-refractivity contribution < 1.29 is 4.74 Å². The quantitative estimate of drug-likeness (QED) is 0.760. The lowest BCUT2D eigenvalue weighted by atomic mass is 9.67. The van der Waals surface area contributed by atoms with Crippen LogP contribution in [-0.4, -0.2) is 36.7 Å². The lowest BCUT2D eigenvalue weighted by Crippen LogP contribution is -2.44. The maximum Gasteiger partial charge on any atom is 0.0579 e. The Labute approximate surface area is 119 Å². The first-order valence-corrected chi connectivity index (χ1v) is 8.37. The SMILES string of the molecule is CC(C)CN1CCC2(CCC(OC(C)C)CC2)CC1. The van der Waals surface area contributed by atoms with E-state index in [-0.39, 0.29) is 0 Å². The number of hydrogen-bond acceptors (Lipinski definition) is 2. The highest BCUT2D eigenvalue weighted by Gasteiger charge is 2.38. The zero-order valence-electron chi connectivity index (χ0n) is 13.5. The Morgan fingerprint density at radius 3 is 2.05 bits per heavy atom. The molecule has 1 aliphatic carbocycles. The predicted octanol–water partition coefficient (Wildman–Crippen LogP) is 4.09. The number of nitrogens with zero attached hydrogens (tertiary/aromatic N) is 1. The van der Waals surface area contributed by atoms with Crippen molar-refractivity contribution in [2.75, 3.05) is 19.6 Å². The summed E-state index contributed by atoms with van der Waals surface area (Å²) in [5.74, 6) is 0.809. The van der Waals surface area contributed by atoms with Crippen molar-refractivity contribution >= 4 is 0 Å². The van der Waals surface area contributed by atoms with Crippen molar-refractivity contribution in [1.82, 2.24) is 4.90 Å². The van der Waals surface area contributed by atoms with Gasteiger partial charge in [-0.15, -0.1) is 0 Å². The van der Waals surface area contributed by atoms with E-state index in [1.165, 1.54) is 58.2 Å². The first-order valence-electron chi connectivity index (χ1n) is 8.37. The zero-order chi connectivity index (χ0) is 13.9. The van der Waals surface area contributed by atoms with Gasteiger partial charge >= 0.3 is 0 Å². The van der Waals surface area contributed by atoms with Crippen molar-refractivity contribution in [3.8, 4) is 0 Å². The van der Waals surface area contributed by atoms with E-state index in [1.807, 2.05) is 0 Å². The molecule has 0 unspecified atom stereocenters. The van der Waals surface area contributed by atoms with Gasteiger partial charge in [0.25, 0.3) is 0 Å². The highest BCUT2D eigenvalue weighted by molar-refractivity contribution is 4.90. The second-order valence-corrected chi connectivity index (χ2v) is 7.58. The van der Waals surface area contributed by atoms with Crippen LogP contribution in [0.4, 0.5) is 0 Å². The molecule has 1 saturated heterocycles. The Kier molecular flexibility index (Phi) is 5.30. The lowest BCUT2D eigenvalue weighted by molar-refractivity contribution is -0.0486. The van der Waals surface area contributed by atoms with Crippen LogP contribution in [0.3, 0.4) is 0 Å². The van der Waals surface area contributed by atoms with Crippen LogP contribution in [0.25, 0.3) is 0 Å². The second-order valence-electron chi connectivity index (χ2n) is 7.58. The molecule has 0 radical (unpaired) electrons. The van der Waals surface area contributed by atoms with Crippen LogP contribution in [0.1, 0.15) is 66.2 Å². The number of ether oxygens (including phenoxy) is 1. The van der Waals surface area contributed by atoms with E-state index in [1.54, 1.807) is 0 Å². The smallest absolute Gasteiger partial charge is 0.0579 e. The monoisotopic (exact) mass is 267 g/mol. The fraction of sp³-hybridized carbons (Fsp3) is 1.00. The predicted molar refractivity (Wildman–Crippen MR) is 81.4 cm³/mol. The minimum atomic E-state index is 0.395. The summed E-state index contributed by atoms with van der Waals surface area (Å²) in [5.41, 5.74) is 0.671. The van der Waals surface area contributed by atoms with Crippen molar-refractivity contribution in [2.24, 2.45) is 11.3 Å².